The Kier molecular flexibility index (Phi) is 4.38. The molecule has 136 valence electrons. The summed E-state index contributed by atoms with van der Waals surface area (Å²) >= 11 is 0. The minimum atomic E-state index is -0.121. The molecule has 0 spiro atoms. The second-order valence-electron chi connectivity index (χ2n) is 6.43. The summed E-state index contributed by atoms with van der Waals surface area (Å²) in [5.74, 6) is 1.64. The van der Waals surface area contributed by atoms with E-state index >= 15 is 0 Å². The first-order valence-corrected chi connectivity index (χ1v) is 8.71. The summed E-state index contributed by atoms with van der Waals surface area (Å²) in [7, 11) is 3.34. The molecule has 26 heavy (non-hydrogen) atoms. The van der Waals surface area contributed by atoms with E-state index in [9.17, 15) is 4.79 Å². The minimum absolute atomic E-state index is 0.121. The lowest BCUT2D eigenvalue weighted by Gasteiger charge is -2.25. The van der Waals surface area contributed by atoms with Gasteiger partial charge in [0.25, 0.3) is 0 Å². The van der Waals surface area contributed by atoms with Crippen LogP contribution in [0.25, 0.3) is 5.65 Å². The van der Waals surface area contributed by atoms with Crippen molar-refractivity contribution in [1.29, 1.82) is 0 Å². The Labute approximate surface area is 151 Å². The molecule has 1 aliphatic rings. The van der Waals surface area contributed by atoms with Crippen molar-refractivity contribution in [3.63, 3.8) is 0 Å². The highest BCUT2D eigenvalue weighted by atomic mass is 16.5. The molecule has 7 nitrogen and oxygen atoms in total. The van der Waals surface area contributed by atoms with Gasteiger partial charge in [0.2, 0.25) is 0 Å². The van der Waals surface area contributed by atoms with Crippen molar-refractivity contribution in [2.75, 3.05) is 20.8 Å². The van der Waals surface area contributed by atoms with Crippen molar-refractivity contribution in [2.24, 2.45) is 0 Å². The molecule has 7 heteroatoms. The molecule has 0 radical (unpaired) electrons. The Bertz CT molecular complexity index is 978. The van der Waals surface area contributed by atoms with E-state index in [1.54, 1.807) is 24.8 Å². The van der Waals surface area contributed by atoms with Gasteiger partial charge in [-0.05, 0) is 43.2 Å². The van der Waals surface area contributed by atoms with E-state index < -0.39 is 0 Å². The number of rotatable bonds is 5. The van der Waals surface area contributed by atoms with Crippen LogP contribution in [0.1, 0.15) is 24.4 Å². The first-order valence-electron chi connectivity index (χ1n) is 8.71. The Balaban J connectivity index is 1.67. The maximum absolute atomic E-state index is 12.6. The zero-order valence-electron chi connectivity index (χ0n) is 15.0. The summed E-state index contributed by atoms with van der Waals surface area (Å²) in [6.45, 7) is 1.36. The Hall–Kier alpha value is -2.80. The Morgan fingerprint density at radius 1 is 1.19 bits per heavy atom. The second-order valence-corrected chi connectivity index (χ2v) is 6.43. The van der Waals surface area contributed by atoms with Gasteiger partial charge in [0.1, 0.15) is 11.5 Å². The van der Waals surface area contributed by atoms with Crippen LogP contribution in [-0.4, -0.2) is 39.8 Å². The maximum Gasteiger partial charge on any atom is 0.351 e. The van der Waals surface area contributed by atoms with Crippen molar-refractivity contribution in [3.8, 4) is 11.5 Å². The van der Waals surface area contributed by atoms with Crippen LogP contribution in [0.15, 0.2) is 47.4 Å². The average Bonchev–Trinajstić information content (AvgIpc) is 3.26. The summed E-state index contributed by atoms with van der Waals surface area (Å²) < 4.78 is 14.0. The Morgan fingerprint density at radius 3 is 2.85 bits per heavy atom. The number of pyridine rings is 1. The lowest BCUT2D eigenvalue weighted by Crippen LogP contribution is -2.32. The molecule has 3 aromatic rings. The van der Waals surface area contributed by atoms with E-state index in [1.165, 1.54) is 4.68 Å². The third kappa shape index (κ3) is 2.84. The lowest BCUT2D eigenvalue weighted by atomic mass is 10.0. The van der Waals surface area contributed by atoms with Crippen molar-refractivity contribution in [1.82, 2.24) is 19.1 Å². The lowest BCUT2D eigenvalue weighted by molar-refractivity contribution is 0.185. The summed E-state index contributed by atoms with van der Waals surface area (Å²) in [5.41, 5.74) is 1.62. The fourth-order valence-corrected chi connectivity index (χ4v) is 3.68. The topological polar surface area (TPSA) is 61.0 Å². The predicted molar refractivity (Wildman–Crippen MR) is 97.7 cm³/mol. The molecule has 0 saturated carbocycles. The highest BCUT2D eigenvalue weighted by Gasteiger charge is 2.29. The molecule has 0 aliphatic carbocycles. The van der Waals surface area contributed by atoms with Crippen LogP contribution in [-0.2, 0) is 6.67 Å². The van der Waals surface area contributed by atoms with Crippen LogP contribution < -0.4 is 15.2 Å². The maximum atomic E-state index is 12.6. The van der Waals surface area contributed by atoms with Gasteiger partial charge < -0.3 is 9.47 Å². The van der Waals surface area contributed by atoms with E-state index in [4.69, 9.17) is 9.47 Å². The van der Waals surface area contributed by atoms with E-state index in [0.29, 0.717) is 12.3 Å². The highest BCUT2D eigenvalue weighted by Crippen LogP contribution is 2.38. The van der Waals surface area contributed by atoms with Gasteiger partial charge in [0.05, 0.1) is 20.9 Å². The third-order valence-corrected chi connectivity index (χ3v) is 4.96. The smallest absolute Gasteiger partial charge is 0.351 e. The molecule has 1 aromatic carbocycles. The van der Waals surface area contributed by atoms with Crippen molar-refractivity contribution in [2.45, 2.75) is 25.6 Å². The van der Waals surface area contributed by atoms with Crippen LogP contribution in [0.4, 0.5) is 0 Å². The van der Waals surface area contributed by atoms with Crippen LogP contribution >= 0.6 is 0 Å². The molecule has 0 N–H and O–H groups in total. The van der Waals surface area contributed by atoms with Gasteiger partial charge in [-0.15, -0.1) is 5.10 Å². The predicted octanol–water partition coefficient (Wildman–Crippen LogP) is 2.31. The van der Waals surface area contributed by atoms with E-state index in [1.807, 2.05) is 36.4 Å². The zero-order valence-corrected chi connectivity index (χ0v) is 15.0. The van der Waals surface area contributed by atoms with Crippen molar-refractivity contribution in [3.05, 3.63) is 58.6 Å². The van der Waals surface area contributed by atoms with Gasteiger partial charge in [0.15, 0.2) is 5.65 Å². The number of hydrogen-bond donors (Lipinski definition) is 0. The molecular weight excluding hydrogens is 332 g/mol. The van der Waals surface area contributed by atoms with Gasteiger partial charge in [-0.3, -0.25) is 9.30 Å². The SMILES string of the molecule is COc1ccc(OC)c([C@@H]2CCCN2Cn2nc3ccccn3c2=O)c1. The van der Waals surface area contributed by atoms with Gasteiger partial charge in [-0.2, -0.15) is 4.68 Å². The summed E-state index contributed by atoms with van der Waals surface area (Å²) in [6.07, 6.45) is 3.81. The second kappa shape index (κ2) is 6.84. The number of aromatic nitrogens is 3. The number of methoxy groups -OCH3 is 2. The summed E-state index contributed by atoms with van der Waals surface area (Å²) in [4.78, 5) is 14.8. The van der Waals surface area contributed by atoms with Crippen molar-refractivity contribution >= 4 is 5.65 Å². The molecular formula is C19H22N4O3. The number of hydrogen-bond acceptors (Lipinski definition) is 5. The summed E-state index contributed by atoms with van der Waals surface area (Å²) in [5, 5.41) is 4.45. The molecule has 1 atom stereocenters. The monoisotopic (exact) mass is 354 g/mol. The fourth-order valence-electron chi connectivity index (χ4n) is 3.68. The first-order chi connectivity index (χ1) is 12.7. The van der Waals surface area contributed by atoms with Gasteiger partial charge in [-0.25, -0.2) is 4.79 Å². The molecule has 2 aromatic heterocycles. The molecule has 3 heterocycles. The largest absolute Gasteiger partial charge is 0.497 e. The van der Waals surface area contributed by atoms with Gasteiger partial charge in [-0.1, -0.05) is 6.07 Å². The molecule has 4 rings (SSSR count). The van der Waals surface area contributed by atoms with Crippen LogP contribution in [0.5, 0.6) is 11.5 Å². The third-order valence-electron chi connectivity index (χ3n) is 4.96. The van der Waals surface area contributed by atoms with Gasteiger partial charge in [0, 0.05) is 24.3 Å². The molecule has 0 bridgehead atoms. The van der Waals surface area contributed by atoms with Crippen molar-refractivity contribution < 1.29 is 9.47 Å². The number of likely N-dealkylation sites (tertiary alicyclic amines) is 1. The zero-order chi connectivity index (χ0) is 18.1. The molecule has 0 amide bonds. The number of ether oxygens (including phenoxy) is 2. The number of benzene rings is 1. The fraction of sp³-hybridized carbons (Fsp3) is 0.368. The minimum Gasteiger partial charge on any atom is -0.497 e. The molecule has 1 saturated heterocycles. The van der Waals surface area contributed by atoms with E-state index in [0.717, 1.165) is 36.4 Å². The molecule has 1 fully saturated rings. The average molecular weight is 354 g/mol. The van der Waals surface area contributed by atoms with E-state index in [-0.39, 0.29) is 11.7 Å². The molecule has 0 unspecified atom stereocenters. The standard InChI is InChI=1S/C19H22N4O3/c1-25-14-8-9-17(26-2)15(12-14)16-6-5-10-21(16)13-23-19(24)22-11-4-3-7-18(22)20-23/h3-4,7-9,11-12,16H,5-6,10,13H2,1-2H3/t16-/m0/s1. The summed E-state index contributed by atoms with van der Waals surface area (Å²) in [6, 6.07) is 11.6. The molecule has 1 aliphatic heterocycles. The van der Waals surface area contributed by atoms with Crippen LogP contribution in [0.3, 0.4) is 0 Å². The number of nitrogens with zero attached hydrogens (tertiary/aromatic N) is 4. The quantitative estimate of drug-likeness (QED) is 0.704. The van der Waals surface area contributed by atoms with E-state index in [2.05, 4.69) is 10.00 Å². The first kappa shape index (κ1) is 16.7. The van der Waals surface area contributed by atoms with Crippen LogP contribution in [0.2, 0.25) is 0 Å². The van der Waals surface area contributed by atoms with Crippen LogP contribution in [0, 0.1) is 0 Å². The van der Waals surface area contributed by atoms with Gasteiger partial charge >= 0.3 is 5.69 Å². The number of fused-ring (bicyclic) bond motifs is 1. The normalized spacial score (nSPS) is 17.7. The Morgan fingerprint density at radius 2 is 2.08 bits per heavy atom. The highest BCUT2D eigenvalue weighted by molar-refractivity contribution is 5.42.